The smallest absolute Gasteiger partial charge is 0.245 e. The molecule has 0 radical (unpaired) electrons. The fourth-order valence-electron chi connectivity index (χ4n) is 2.01. The van der Waals surface area contributed by atoms with Crippen LogP contribution in [0.25, 0.3) is 6.08 Å². The lowest BCUT2D eigenvalue weighted by Crippen LogP contribution is -2.55. The van der Waals surface area contributed by atoms with Gasteiger partial charge in [-0.15, -0.1) is 0 Å². The highest BCUT2D eigenvalue weighted by Crippen LogP contribution is 2.30. The van der Waals surface area contributed by atoms with Crippen molar-refractivity contribution in [3.8, 4) is 0 Å². The van der Waals surface area contributed by atoms with Crippen LogP contribution in [-0.4, -0.2) is 21.0 Å². The van der Waals surface area contributed by atoms with Gasteiger partial charge in [-0.2, -0.15) is 0 Å². The van der Waals surface area contributed by atoms with Crippen molar-refractivity contribution in [3.63, 3.8) is 0 Å². The predicted octanol–water partition coefficient (Wildman–Crippen LogP) is 5.81. The summed E-state index contributed by atoms with van der Waals surface area (Å²) in [5.74, 6) is -0.476. The molecule has 0 bridgehead atoms. The first kappa shape index (κ1) is 23.1. The zero-order valence-corrected chi connectivity index (χ0v) is 18.7. The highest BCUT2D eigenvalue weighted by Gasteiger charge is 2.34. The van der Waals surface area contributed by atoms with Crippen molar-refractivity contribution in [2.75, 3.05) is 5.32 Å². The molecule has 0 aliphatic heterocycles. The van der Waals surface area contributed by atoms with Crippen LogP contribution in [0.3, 0.4) is 0 Å². The fraction of sp³-hybridized carbons (Fsp3) is 0.111. The van der Waals surface area contributed by atoms with E-state index in [0.717, 1.165) is 5.56 Å². The molecule has 28 heavy (non-hydrogen) atoms. The Balaban J connectivity index is 2.03. The number of hydrogen-bond acceptors (Lipinski definition) is 2. The summed E-state index contributed by atoms with van der Waals surface area (Å²) in [7, 11) is 0. The molecule has 1 atom stereocenters. The number of carbonyl (C=O) groups is 1. The lowest BCUT2D eigenvalue weighted by atomic mass is 10.2. The summed E-state index contributed by atoms with van der Waals surface area (Å²) < 4.78 is -1.87. The monoisotopic (exact) mass is 495 g/mol. The molecule has 0 heterocycles. The summed E-state index contributed by atoms with van der Waals surface area (Å²) >= 11 is 35.1. The van der Waals surface area contributed by atoms with E-state index in [1.165, 1.54) is 6.08 Å². The van der Waals surface area contributed by atoms with Crippen LogP contribution in [0, 0.1) is 0 Å². The molecular weight excluding hydrogens is 484 g/mol. The van der Waals surface area contributed by atoms with Crippen molar-refractivity contribution in [2.24, 2.45) is 0 Å². The number of benzene rings is 2. The van der Waals surface area contributed by atoms with E-state index in [9.17, 15) is 4.79 Å². The molecule has 3 N–H and O–H groups in total. The second-order valence-electron chi connectivity index (χ2n) is 5.45. The second kappa shape index (κ2) is 10.5. The summed E-state index contributed by atoms with van der Waals surface area (Å²) in [5.41, 5.74) is 1.31. The Labute approximate surface area is 193 Å². The fourth-order valence-corrected chi connectivity index (χ4v) is 2.90. The minimum absolute atomic E-state index is 0.0767. The van der Waals surface area contributed by atoms with Gasteiger partial charge in [0.1, 0.15) is 6.17 Å². The molecule has 2 rings (SSSR count). The Bertz CT molecular complexity index is 871. The number of anilines is 1. The van der Waals surface area contributed by atoms with Crippen LogP contribution >= 0.6 is 70.2 Å². The van der Waals surface area contributed by atoms with Crippen molar-refractivity contribution in [1.82, 2.24) is 10.6 Å². The molecule has 0 fully saturated rings. The molecule has 2 aromatic rings. The molecule has 148 valence electrons. The molecule has 0 spiro atoms. The molecule has 0 unspecified atom stereocenters. The van der Waals surface area contributed by atoms with Gasteiger partial charge in [0.2, 0.25) is 9.70 Å². The minimum atomic E-state index is -1.87. The zero-order valence-electron chi connectivity index (χ0n) is 14.1. The van der Waals surface area contributed by atoms with E-state index in [4.69, 9.17) is 70.2 Å². The highest BCUT2D eigenvalue weighted by atomic mass is 35.6. The van der Waals surface area contributed by atoms with Crippen LogP contribution in [-0.2, 0) is 4.79 Å². The van der Waals surface area contributed by atoms with E-state index in [1.807, 2.05) is 30.3 Å². The van der Waals surface area contributed by atoms with Crippen molar-refractivity contribution in [1.29, 1.82) is 0 Å². The van der Waals surface area contributed by atoms with E-state index in [2.05, 4.69) is 16.0 Å². The third-order valence-corrected chi connectivity index (χ3v) is 4.73. The predicted molar refractivity (Wildman–Crippen MR) is 124 cm³/mol. The molecule has 10 heteroatoms. The molecule has 0 aromatic heterocycles. The van der Waals surface area contributed by atoms with Crippen LogP contribution in [0.15, 0.2) is 54.6 Å². The van der Waals surface area contributed by atoms with Gasteiger partial charge in [-0.25, -0.2) is 0 Å². The summed E-state index contributed by atoms with van der Waals surface area (Å²) in [6.07, 6.45) is 1.85. The number of hydrogen-bond donors (Lipinski definition) is 3. The Kier molecular flexibility index (Phi) is 8.68. The molecule has 0 aliphatic carbocycles. The quantitative estimate of drug-likeness (QED) is 0.211. The molecule has 0 saturated carbocycles. The number of halogens is 5. The lowest BCUT2D eigenvalue weighted by Gasteiger charge is -2.27. The van der Waals surface area contributed by atoms with Crippen molar-refractivity contribution in [2.45, 2.75) is 9.96 Å². The number of rotatable bonds is 5. The van der Waals surface area contributed by atoms with Gasteiger partial charge in [-0.1, -0.05) is 88.3 Å². The van der Waals surface area contributed by atoms with Crippen LogP contribution in [0.4, 0.5) is 5.69 Å². The standard InChI is InChI=1S/C18H14Cl5N3OS/c19-12-7-8-13(20)14(10-12)24-17(28)26-16(18(21,22)23)25-15(27)9-6-11-4-2-1-3-5-11/h1-10,16H,(H,25,27)(H2,24,26,28)/b9-6+/t16-/m0/s1. The second-order valence-corrected chi connectivity index (χ2v) is 9.07. The zero-order chi connectivity index (χ0) is 20.7. The van der Waals surface area contributed by atoms with Gasteiger partial charge in [-0.3, -0.25) is 4.79 Å². The van der Waals surface area contributed by atoms with Crippen molar-refractivity contribution >= 4 is 93.0 Å². The van der Waals surface area contributed by atoms with E-state index in [-0.39, 0.29) is 5.11 Å². The average Bonchev–Trinajstić information content (AvgIpc) is 2.62. The lowest BCUT2D eigenvalue weighted by molar-refractivity contribution is -0.117. The first-order valence-corrected chi connectivity index (χ1v) is 10.1. The highest BCUT2D eigenvalue weighted by molar-refractivity contribution is 7.80. The first-order valence-electron chi connectivity index (χ1n) is 7.78. The van der Waals surface area contributed by atoms with Crippen molar-refractivity contribution < 1.29 is 4.79 Å². The van der Waals surface area contributed by atoms with Crippen LogP contribution < -0.4 is 16.0 Å². The van der Waals surface area contributed by atoms with Crippen molar-refractivity contribution in [3.05, 3.63) is 70.2 Å². The van der Waals surface area contributed by atoms with Crippen LogP contribution in [0.1, 0.15) is 5.56 Å². The SMILES string of the molecule is O=C(/C=C/c1ccccc1)N[C@@H](NC(=S)Nc1cc(Cl)ccc1Cl)C(Cl)(Cl)Cl. The Morgan fingerprint density at radius 2 is 1.71 bits per heavy atom. The maximum Gasteiger partial charge on any atom is 0.245 e. The van der Waals surface area contributed by atoms with Gasteiger partial charge in [0.25, 0.3) is 0 Å². The Morgan fingerprint density at radius 3 is 2.36 bits per heavy atom. The van der Waals surface area contributed by atoms with Gasteiger partial charge in [0.05, 0.1) is 10.7 Å². The summed E-state index contributed by atoms with van der Waals surface area (Å²) in [4.78, 5) is 12.2. The Hall–Kier alpha value is -1.21. The molecule has 2 aromatic carbocycles. The maximum atomic E-state index is 12.2. The third kappa shape index (κ3) is 7.66. The molecule has 0 saturated heterocycles. The first-order chi connectivity index (χ1) is 13.1. The van der Waals surface area contributed by atoms with Gasteiger partial charge >= 0.3 is 0 Å². The number of carbonyl (C=O) groups excluding carboxylic acids is 1. The number of amides is 1. The van der Waals surface area contributed by atoms with Crippen LogP contribution in [0.5, 0.6) is 0 Å². The molecule has 1 amide bonds. The number of nitrogens with one attached hydrogen (secondary N) is 3. The van der Waals surface area contributed by atoms with Gasteiger partial charge in [-0.05, 0) is 42.1 Å². The summed E-state index contributed by atoms with van der Waals surface area (Å²) in [5, 5.41) is 9.07. The molecule has 4 nitrogen and oxygen atoms in total. The maximum absolute atomic E-state index is 12.2. The third-order valence-electron chi connectivity index (χ3n) is 3.29. The van der Waals surface area contributed by atoms with E-state index < -0.39 is 15.9 Å². The Morgan fingerprint density at radius 1 is 1.04 bits per heavy atom. The topological polar surface area (TPSA) is 53.2 Å². The van der Waals surface area contributed by atoms with E-state index in [0.29, 0.717) is 15.7 Å². The molecule has 0 aliphatic rings. The normalized spacial score (nSPS) is 12.5. The number of alkyl halides is 3. The number of thiocarbonyl (C=S) groups is 1. The van der Waals surface area contributed by atoms with E-state index in [1.54, 1.807) is 24.3 Å². The largest absolute Gasteiger partial charge is 0.339 e. The van der Waals surface area contributed by atoms with E-state index >= 15 is 0 Å². The summed E-state index contributed by atoms with van der Waals surface area (Å²) in [6.45, 7) is 0. The van der Waals surface area contributed by atoms with Gasteiger partial charge in [0, 0.05) is 11.1 Å². The summed E-state index contributed by atoms with van der Waals surface area (Å²) in [6, 6.07) is 14.1. The minimum Gasteiger partial charge on any atom is -0.339 e. The molecular formula is C18H14Cl5N3OS. The van der Waals surface area contributed by atoms with Gasteiger partial charge in [0.15, 0.2) is 5.11 Å². The van der Waals surface area contributed by atoms with Crippen LogP contribution in [0.2, 0.25) is 10.0 Å². The van der Waals surface area contributed by atoms with Gasteiger partial charge < -0.3 is 16.0 Å². The average molecular weight is 498 g/mol.